The van der Waals surface area contributed by atoms with Gasteiger partial charge in [-0.15, -0.1) is 0 Å². The maximum Gasteiger partial charge on any atom is 0.0992 e. The zero-order valence-corrected chi connectivity index (χ0v) is 10.9. The van der Waals surface area contributed by atoms with Gasteiger partial charge in [0.25, 0.3) is 0 Å². The third kappa shape index (κ3) is 3.49. The lowest BCUT2D eigenvalue weighted by Crippen LogP contribution is -2.19. The number of rotatable bonds is 4. The molecule has 0 radical (unpaired) electrons. The minimum Gasteiger partial charge on any atom is -0.397 e. The molecule has 0 aliphatic rings. The van der Waals surface area contributed by atoms with E-state index < -0.39 is 0 Å². The van der Waals surface area contributed by atoms with Crippen LogP contribution in [0.15, 0.2) is 48.5 Å². The van der Waals surface area contributed by atoms with Crippen LogP contribution in [0.4, 0.5) is 11.4 Å². The molecule has 0 heterocycles. The quantitative estimate of drug-likeness (QED) is 0.820. The van der Waals surface area contributed by atoms with E-state index in [1.807, 2.05) is 18.2 Å². The highest BCUT2D eigenvalue weighted by atomic mass is 14.9. The highest BCUT2D eigenvalue weighted by Gasteiger charge is 2.06. The van der Waals surface area contributed by atoms with Crippen molar-refractivity contribution in [3.63, 3.8) is 0 Å². The Labute approximate surface area is 113 Å². The summed E-state index contributed by atoms with van der Waals surface area (Å²) in [6.07, 6.45) is 0.914. The van der Waals surface area contributed by atoms with E-state index in [9.17, 15) is 0 Å². The summed E-state index contributed by atoms with van der Waals surface area (Å²) in [5.41, 5.74) is 9.29. The summed E-state index contributed by atoms with van der Waals surface area (Å²) in [6.45, 7) is 2.10. The first-order chi connectivity index (χ1) is 9.19. The van der Waals surface area contributed by atoms with E-state index in [0.717, 1.165) is 12.1 Å². The average molecular weight is 251 g/mol. The largest absolute Gasteiger partial charge is 0.397 e. The lowest BCUT2D eigenvalue weighted by Gasteiger charge is -2.17. The van der Waals surface area contributed by atoms with Gasteiger partial charge in [-0.05, 0) is 37.1 Å². The third-order valence-corrected chi connectivity index (χ3v) is 2.97. The highest BCUT2D eigenvalue weighted by Crippen LogP contribution is 2.21. The number of nitrogen functional groups attached to an aromatic ring is 1. The van der Waals surface area contributed by atoms with Crippen LogP contribution in [0.5, 0.6) is 0 Å². The first-order valence-electron chi connectivity index (χ1n) is 6.29. The summed E-state index contributed by atoms with van der Waals surface area (Å²) in [4.78, 5) is 0. The number of anilines is 2. The van der Waals surface area contributed by atoms with E-state index in [2.05, 4.69) is 30.4 Å². The van der Waals surface area contributed by atoms with Crippen LogP contribution in [-0.2, 0) is 6.42 Å². The van der Waals surface area contributed by atoms with Gasteiger partial charge in [0.1, 0.15) is 0 Å². The fourth-order valence-electron chi connectivity index (χ4n) is 2.03. The van der Waals surface area contributed by atoms with Crippen molar-refractivity contribution < 1.29 is 0 Å². The van der Waals surface area contributed by atoms with Crippen LogP contribution < -0.4 is 11.1 Å². The molecule has 96 valence electrons. The number of benzene rings is 2. The predicted molar refractivity (Wildman–Crippen MR) is 78.8 cm³/mol. The SMILES string of the molecule is CC(Cc1ccccc1)Nc1cc(C#N)ccc1N. The Morgan fingerprint density at radius 3 is 2.63 bits per heavy atom. The van der Waals surface area contributed by atoms with Crippen molar-refractivity contribution in [3.8, 4) is 6.07 Å². The predicted octanol–water partition coefficient (Wildman–Crippen LogP) is 3.18. The van der Waals surface area contributed by atoms with Gasteiger partial charge in [0, 0.05) is 6.04 Å². The molecule has 3 nitrogen and oxygen atoms in total. The van der Waals surface area contributed by atoms with Crippen molar-refractivity contribution in [2.24, 2.45) is 0 Å². The van der Waals surface area contributed by atoms with Crippen LogP contribution in [0.1, 0.15) is 18.1 Å². The Morgan fingerprint density at radius 1 is 1.21 bits per heavy atom. The smallest absolute Gasteiger partial charge is 0.0992 e. The molecule has 0 amide bonds. The van der Waals surface area contributed by atoms with E-state index in [4.69, 9.17) is 11.0 Å². The van der Waals surface area contributed by atoms with E-state index >= 15 is 0 Å². The first kappa shape index (κ1) is 13.0. The Kier molecular flexibility index (Phi) is 4.04. The molecule has 3 heteroatoms. The van der Waals surface area contributed by atoms with E-state index in [0.29, 0.717) is 11.3 Å². The topological polar surface area (TPSA) is 61.8 Å². The molecular formula is C16H17N3. The molecule has 0 aromatic heterocycles. The van der Waals surface area contributed by atoms with Crippen LogP contribution in [0.25, 0.3) is 0 Å². The molecule has 2 rings (SSSR count). The highest BCUT2D eigenvalue weighted by molar-refractivity contribution is 5.68. The van der Waals surface area contributed by atoms with Crippen LogP contribution >= 0.6 is 0 Å². The average Bonchev–Trinajstić information content (AvgIpc) is 2.42. The number of nitrogens with two attached hydrogens (primary N) is 1. The number of hydrogen-bond acceptors (Lipinski definition) is 3. The maximum absolute atomic E-state index is 8.90. The third-order valence-electron chi connectivity index (χ3n) is 2.97. The molecule has 0 spiro atoms. The number of nitriles is 1. The van der Waals surface area contributed by atoms with E-state index in [-0.39, 0.29) is 6.04 Å². The van der Waals surface area contributed by atoms with Gasteiger partial charge in [-0.1, -0.05) is 30.3 Å². The maximum atomic E-state index is 8.90. The van der Waals surface area contributed by atoms with Gasteiger partial charge in [-0.25, -0.2) is 0 Å². The van der Waals surface area contributed by atoms with Crippen molar-refractivity contribution in [1.29, 1.82) is 5.26 Å². The molecule has 0 aliphatic carbocycles. The molecule has 19 heavy (non-hydrogen) atoms. The van der Waals surface area contributed by atoms with Gasteiger partial charge in [0.2, 0.25) is 0 Å². The lowest BCUT2D eigenvalue weighted by atomic mass is 10.1. The van der Waals surface area contributed by atoms with Gasteiger partial charge in [-0.2, -0.15) is 5.26 Å². The summed E-state index contributed by atoms with van der Waals surface area (Å²) in [7, 11) is 0. The van der Waals surface area contributed by atoms with Crippen LogP contribution in [0, 0.1) is 11.3 Å². The monoisotopic (exact) mass is 251 g/mol. The zero-order chi connectivity index (χ0) is 13.7. The fourth-order valence-corrected chi connectivity index (χ4v) is 2.03. The van der Waals surface area contributed by atoms with Crippen molar-refractivity contribution in [2.75, 3.05) is 11.1 Å². The van der Waals surface area contributed by atoms with E-state index in [1.54, 1.807) is 18.2 Å². The fraction of sp³-hybridized carbons (Fsp3) is 0.188. The molecular weight excluding hydrogens is 234 g/mol. The van der Waals surface area contributed by atoms with Crippen molar-refractivity contribution in [1.82, 2.24) is 0 Å². The Morgan fingerprint density at radius 2 is 1.95 bits per heavy atom. The molecule has 0 saturated carbocycles. The summed E-state index contributed by atoms with van der Waals surface area (Å²) in [5.74, 6) is 0. The molecule has 0 aliphatic heterocycles. The Balaban J connectivity index is 2.07. The molecule has 0 bridgehead atoms. The number of hydrogen-bond donors (Lipinski definition) is 2. The molecule has 0 fully saturated rings. The normalized spacial score (nSPS) is 11.6. The lowest BCUT2D eigenvalue weighted by molar-refractivity contribution is 0.791. The van der Waals surface area contributed by atoms with Crippen molar-refractivity contribution in [3.05, 3.63) is 59.7 Å². The molecule has 0 saturated heterocycles. The van der Waals surface area contributed by atoms with Crippen molar-refractivity contribution >= 4 is 11.4 Å². The second-order valence-corrected chi connectivity index (χ2v) is 4.65. The molecule has 1 unspecified atom stereocenters. The molecule has 3 N–H and O–H groups in total. The summed E-state index contributed by atoms with van der Waals surface area (Å²) in [6, 6.07) is 17.9. The summed E-state index contributed by atoms with van der Waals surface area (Å²) in [5, 5.41) is 12.3. The second kappa shape index (κ2) is 5.92. The van der Waals surface area contributed by atoms with Gasteiger partial charge < -0.3 is 11.1 Å². The summed E-state index contributed by atoms with van der Waals surface area (Å²) >= 11 is 0. The Hall–Kier alpha value is -2.47. The molecule has 1 atom stereocenters. The van der Waals surface area contributed by atoms with Crippen LogP contribution in [0.2, 0.25) is 0 Å². The van der Waals surface area contributed by atoms with Crippen molar-refractivity contribution in [2.45, 2.75) is 19.4 Å². The first-order valence-corrected chi connectivity index (χ1v) is 6.29. The molecule has 2 aromatic rings. The number of nitrogens with zero attached hydrogens (tertiary/aromatic N) is 1. The summed E-state index contributed by atoms with van der Waals surface area (Å²) < 4.78 is 0. The Bertz CT molecular complexity index is 585. The van der Waals surface area contributed by atoms with Crippen LogP contribution in [-0.4, -0.2) is 6.04 Å². The number of nitrogens with one attached hydrogen (secondary N) is 1. The van der Waals surface area contributed by atoms with Gasteiger partial charge in [0.05, 0.1) is 23.0 Å². The molecule has 2 aromatic carbocycles. The standard InChI is InChI=1S/C16H17N3/c1-12(9-13-5-3-2-4-6-13)19-16-10-14(11-17)7-8-15(16)18/h2-8,10,12,19H,9,18H2,1H3. The van der Waals surface area contributed by atoms with Gasteiger partial charge >= 0.3 is 0 Å². The minimum absolute atomic E-state index is 0.249. The van der Waals surface area contributed by atoms with Crippen LogP contribution in [0.3, 0.4) is 0 Å². The van der Waals surface area contributed by atoms with E-state index in [1.165, 1.54) is 5.56 Å². The second-order valence-electron chi connectivity index (χ2n) is 4.65. The van der Waals surface area contributed by atoms with Gasteiger partial charge in [0.15, 0.2) is 0 Å². The zero-order valence-electron chi connectivity index (χ0n) is 10.9. The van der Waals surface area contributed by atoms with Gasteiger partial charge in [-0.3, -0.25) is 0 Å². The minimum atomic E-state index is 0.249.